The van der Waals surface area contributed by atoms with Gasteiger partial charge in [-0.15, -0.1) is 0 Å². The van der Waals surface area contributed by atoms with E-state index in [4.69, 9.17) is 4.42 Å². The summed E-state index contributed by atoms with van der Waals surface area (Å²) in [6.45, 7) is 2.58. The van der Waals surface area contributed by atoms with Crippen molar-refractivity contribution < 1.29 is 13.9 Å². The summed E-state index contributed by atoms with van der Waals surface area (Å²) < 4.78 is 19.7. The second kappa shape index (κ2) is 9.74. The Morgan fingerprint density at radius 2 is 1.67 bits per heavy atom. The maximum Gasteiger partial charge on any atom is 0.141 e. The van der Waals surface area contributed by atoms with E-state index < -0.39 is 6.10 Å². The quantitative estimate of drug-likeness (QED) is 0.352. The fourth-order valence-electron chi connectivity index (χ4n) is 4.85. The van der Waals surface area contributed by atoms with Crippen molar-refractivity contribution in [3.05, 3.63) is 114 Å². The molecule has 1 aliphatic heterocycles. The molecule has 3 nitrogen and oxygen atoms in total. The van der Waals surface area contributed by atoms with Crippen LogP contribution in [-0.4, -0.2) is 29.6 Å². The molecule has 0 fully saturated rings. The summed E-state index contributed by atoms with van der Waals surface area (Å²) in [6.07, 6.45) is 4.95. The minimum Gasteiger partial charge on any atom is -0.464 e. The normalized spacial score (nSPS) is 16.5. The summed E-state index contributed by atoms with van der Waals surface area (Å²) in [4.78, 5) is 2.40. The molecule has 1 N–H and O–H groups in total. The summed E-state index contributed by atoms with van der Waals surface area (Å²) >= 11 is 0. The lowest BCUT2D eigenvalue weighted by molar-refractivity contribution is 0.132. The standard InChI is InChI=1S/C29H28FNO2/c30-25-19-24-14-18-33-29(24)27(20-25)22-11-15-31(16-12-22)17-13-26(21-7-3-1-4-8-21)28(32)23-9-5-2-6-10-23/h1-11,14,18-20,26,28,32H,12-13,15-17H2. The summed E-state index contributed by atoms with van der Waals surface area (Å²) in [5.74, 6) is -0.215. The Hall–Kier alpha value is -3.21. The maximum atomic E-state index is 14.1. The maximum absolute atomic E-state index is 14.1. The molecule has 2 heterocycles. The van der Waals surface area contributed by atoms with Crippen LogP contribution in [0.3, 0.4) is 0 Å². The minimum absolute atomic E-state index is 0.0185. The molecule has 0 radical (unpaired) electrons. The van der Waals surface area contributed by atoms with Crippen LogP contribution in [0.5, 0.6) is 0 Å². The Kier molecular flexibility index (Phi) is 6.38. The van der Waals surface area contributed by atoms with E-state index in [1.807, 2.05) is 48.5 Å². The molecule has 4 heteroatoms. The molecule has 0 spiro atoms. The summed E-state index contributed by atoms with van der Waals surface area (Å²) in [5, 5.41) is 12.0. The van der Waals surface area contributed by atoms with Crippen LogP contribution < -0.4 is 0 Å². The Bertz CT molecular complexity index is 1230. The number of hydrogen-bond donors (Lipinski definition) is 1. The van der Waals surface area contributed by atoms with Gasteiger partial charge in [-0.2, -0.15) is 0 Å². The van der Waals surface area contributed by atoms with Gasteiger partial charge in [-0.1, -0.05) is 66.7 Å². The van der Waals surface area contributed by atoms with Crippen molar-refractivity contribution in [2.24, 2.45) is 0 Å². The third-order valence-electron chi connectivity index (χ3n) is 6.66. The predicted octanol–water partition coefficient (Wildman–Crippen LogP) is 6.57. The number of aliphatic hydroxyl groups excluding tert-OH is 1. The van der Waals surface area contributed by atoms with Crippen molar-refractivity contribution in [1.29, 1.82) is 0 Å². The van der Waals surface area contributed by atoms with Crippen LogP contribution >= 0.6 is 0 Å². The Labute approximate surface area is 193 Å². The number of halogens is 1. The number of aliphatic hydroxyl groups is 1. The van der Waals surface area contributed by atoms with Gasteiger partial charge in [0, 0.05) is 30.0 Å². The molecule has 2 unspecified atom stereocenters. The Morgan fingerprint density at radius 3 is 2.36 bits per heavy atom. The van der Waals surface area contributed by atoms with Gasteiger partial charge in [-0.25, -0.2) is 4.39 Å². The van der Waals surface area contributed by atoms with Crippen LogP contribution in [0.25, 0.3) is 16.5 Å². The van der Waals surface area contributed by atoms with Crippen LogP contribution in [0.2, 0.25) is 0 Å². The highest BCUT2D eigenvalue weighted by Gasteiger charge is 2.24. The molecule has 0 amide bonds. The number of furan rings is 1. The zero-order valence-corrected chi connectivity index (χ0v) is 18.5. The molecule has 0 bridgehead atoms. The van der Waals surface area contributed by atoms with Gasteiger partial charge in [0.05, 0.1) is 12.4 Å². The second-order valence-electron chi connectivity index (χ2n) is 8.73. The summed E-state index contributed by atoms with van der Waals surface area (Å²) in [6, 6.07) is 25.1. The molecular formula is C29H28FNO2. The Balaban J connectivity index is 1.30. The van der Waals surface area contributed by atoms with Crippen molar-refractivity contribution >= 4 is 16.5 Å². The molecule has 1 aromatic heterocycles. The smallest absolute Gasteiger partial charge is 0.141 e. The molecule has 5 rings (SSSR count). The van der Waals surface area contributed by atoms with Gasteiger partial charge in [0.1, 0.15) is 11.4 Å². The first-order chi connectivity index (χ1) is 16.2. The third-order valence-corrected chi connectivity index (χ3v) is 6.66. The van der Waals surface area contributed by atoms with Crippen molar-refractivity contribution in [3.8, 4) is 0 Å². The van der Waals surface area contributed by atoms with Crippen LogP contribution in [0, 0.1) is 5.82 Å². The average molecular weight is 442 g/mol. The van der Waals surface area contributed by atoms with Gasteiger partial charge in [-0.05, 0) is 54.3 Å². The largest absolute Gasteiger partial charge is 0.464 e. The zero-order chi connectivity index (χ0) is 22.6. The highest BCUT2D eigenvalue weighted by atomic mass is 19.1. The monoisotopic (exact) mass is 441 g/mol. The number of nitrogens with zero attached hydrogens (tertiary/aromatic N) is 1. The first-order valence-corrected chi connectivity index (χ1v) is 11.6. The van der Waals surface area contributed by atoms with Crippen molar-refractivity contribution in [2.75, 3.05) is 19.6 Å². The topological polar surface area (TPSA) is 36.6 Å². The van der Waals surface area contributed by atoms with Crippen LogP contribution in [0.1, 0.15) is 41.6 Å². The molecule has 3 aromatic carbocycles. The SMILES string of the molecule is OC(c1ccccc1)C(CCN1CC=C(c2cc(F)cc3ccoc23)CC1)c1ccccc1. The van der Waals surface area contributed by atoms with E-state index >= 15 is 0 Å². The Morgan fingerprint density at radius 1 is 0.939 bits per heavy atom. The predicted molar refractivity (Wildman–Crippen MR) is 130 cm³/mol. The molecule has 1 aliphatic rings. The molecule has 0 aliphatic carbocycles. The lowest BCUT2D eigenvalue weighted by Gasteiger charge is -2.30. The van der Waals surface area contributed by atoms with Gasteiger partial charge >= 0.3 is 0 Å². The minimum atomic E-state index is -0.552. The van der Waals surface area contributed by atoms with Gasteiger partial charge in [0.15, 0.2) is 0 Å². The fourth-order valence-corrected chi connectivity index (χ4v) is 4.85. The zero-order valence-electron chi connectivity index (χ0n) is 18.5. The van der Waals surface area contributed by atoms with Crippen molar-refractivity contribution in [3.63, 3.8) is 0 Å². The molecule has 4 aromatic rings. The first kappa shape index (κ1) is 21.6. The molecule has 168 valence electrons. The van der Waals surface area contributed by atoms with E-state index in [9.17, 15) is 9.50 Å². The second-order valence-corrected chi connectivity index (χ2v) is 8.73. The fraction of sp³-hybridized carbons (Fsp3) is 0.241. The van der Waals surface area contributed by atoms with E-state index in [2.05, 4.69) is 23.1 Å². The molecule has 0 saturated heterocycles. The lowest BCUT2D eigenvalue weighted by Crippen LogP contribution is -2.31. The molecule has 0 saturated carbocycles. The number of hydrogen-bond acceptors (Lipinski definition) is 3. The van der Waals surface area contributed by atoms with Crippen LogP contribution in [-0.2, 0) is 0 Å². The van der Waals surface area contributed by atoms with Gasteiger partial charge in [0.2, 0.25) is 0 Å². The van der Waals surface area contributed by atoms with Crippen molar-refractivity contribution in [1.82, 2.24) is 4.90 Å². The molecular weight excluding hydrogens is 413 g/mol. The number of rotatable bonds is 7. The average Bonchev–Trinajstić information content (AvgIpc) is 3.33. The molecule has 2 atom stereocenters. The van der Waals surface area contributed by atoms with Crippen LogP contribution in [0.4, 0.5) is 4.39 Å². The van der Waals surface area contributed by atoms with E-state index in [0.717, 1.165) is 65.7 Å². The third kappa shape index (κ3) is 4.77. The van der Waals surface area contributed by atoms with Crippen molar-refractivity contribution in [2.45, 2.75) is 24.9 Å². The van der Waals surface area contributed by atoms with E-state index in [1.165, 1.54) is 6.07 Å². The van der Waals surface area contributed by atoms with Crippen LogP contribution in [0.15, 0.2) is 95.6 Å². The highest BCUT2D eigenvalue weighted by Crippen LogP contribution is 2.35. The lowest BCUT2D eigenvalue weighted by atomic mass is 9.86. The number of fused-ring (bicyclic) bond motifs is 1. The summed E-state index contributed by atoms with van der Waals surface area (Å²) in [5.41, 5.74) is 4.85. The van der Waals surface area contributed by atoms with E-state index in [1.54, 1.807) is 18.4 Å². The van der Waals surface area contributed by atoms with E-state index in [-0.39, 0.29) is 11.7 Å². The van der Waals surface area contributed by atoms with Gasteiger partial charge in [0.25, 0.3) is 0 Å². The first-order valence-electron chi connectivity index (χ1n) is 11.6. The van der Waals surface area contributed by atoms with Gasteiger partial charge < -0.3 is 9.52 Å². The highest BCUT2D eigenvalue weighted by molar-refractivity contribution is 5.90. The van der Waals surface area contributed by atoms with E-state index in [0.29, 0.717) is 0 Å². The summed E-state index contributed by atoms with van der Waals surface area (Å²) in [7, 11) is 0. The number of benzene rings is 3. The van der Waals surface area contributed by atoms with Gasteiger partial charge in [-0.3, -0.25) is 4.90 Å². The molecule has 33 heavy (non-hydrogen) atoms.